The summed E-state index contributed by atoms with van der Waals surface area (Å²) in [5.74, 6) is 0. The molecule has 0 radical (unpaired) electrons. The summed E-state index contributed by atoms with van der Waals surface area (Å²) in [5, 5.41) is 9.30. The van der Waals surface area contributed by atoms with E-state index in [0.29, 0.717) is 6.04 Å². The molecule has 96 valence electrons. The number of anilines is 1. The fourth-order valence-corrected chi connectivity index (χ4v) is 3.20. The van der Waals surface area contributed by atoms with E-state index in [4.69, 9.17) is 0 Å². The average molecular weight is 307 g/mol. The molecule has 0 aliphatic heterocycles. The van der Waals surface area contributed by atoms with Crippen molar-refractivity contribution in [3.05, 3.63) is 28.2 Å². The van der Waals surface area contributed by atoms with Crippen LogP contribution >= 0.6 is 15.9 Å². The van der Waals surface area contributed by atoms with Crippen LogP contribution in [0.1, 0.15) is 44.1 Å². The van der Waals surface area contributed by atoms with Crippen LogP contribution in [0.5, 0.6) is 0 Å². The Bertz CT molecular complexity index is 442. The maximum absolute atomic E-state index is 9.30. The van der Waals surface area contributed by atoms with Crippen LogP contribution in [-0.2, 0) is 0 Å². The summed E-state index contributed by atoms with van der Waals surface area (Å²) in [5.41, 5.74) is 1.81. The molecular weight excluding hydrogens is 288 g/mol. The SMILES string of the molecule is CN(c1cccc(Br)c1C#N)C1CCCCCC1. The van der Waals surface area contributed by atoms with Crippen LogP contribution in [0.25, 0.3) is 0 Å². The van der Waals surface area contributed by atoms with E-state index in [2.05, 4.69) is 33.9 Å². The standard InChI is InChI=1S/C15H19BrN2/c1-18(12-7-4-2-3-5-8-12)15-10-6-9-14(16)13(15)11-17/h6,9-10,12H,2-5,7-8H2,1H3. The van der Waals surface area contributed by atoms with Gasteiger partial charge in [-0.05, 0) is 40.9 Å². The maximum Gasteiger partial charge on any atom is 0.103 e. The number of benzene rings is 1. The van der Waals surface area contributed by atoms with Crippen LogP contribution in [0, 0.1) is 11.3 Å². The predicted octanol–water partition coefficient (Wildman–Crippen LogP) is 4.48. The molecule has 0 bridgehead atoms. The van der Waals surface area contributed by atoms with Crippen molar-refractivity contribution in [3.63, 3.8) is 0 Å². The lowest BCUT2D eigenvalue weighted by Crippen LogP contribution is -2.31. The molecule has 1 aliphatic carbocycles. The Morgan fingerprint density at radius 2 is 1.89 bits per heavy atom. The van der Waals surface area contributed by atoms with E-state index < -0.39 is 0 Å². The zero-order chi connectivity index (χ0) is 13.0. The Balaban J connectivity index is 2.25. The van der Waals surface area contributed by atoms with E-state index in [-0.39, 0.29) is 0 Å². The van der Waals surface area contributed by atoms with Gasteiger partial charge in [-0.25, -0.2) is 0 Å². The molecule has 1 fully saturated rings. The van der Waals surface area contributed by atoms with Gasteiger partial charge >= 0.3 is 0 Å². The second kappa shape index (κ2) is 6.24. The van der Waals surface area contributed by atoms with Crippen LogP contribution in [0.2, 0.25) is 0 Å². The topological polar surface area (TPSA) is 27.0 Å². The van der Waals surface area contributed by atoms with Crippen molar-refractivity contribution in [3.8, 4) is 6.07 Å². The predicted molar refractivity (Wildman–Crippen MR) is 78.8 cm³/mol. The minimum absolute atomic E-state index is 0.578. The summed E-state index contributed by atoms with van der Waals surface area (Å²) in [6.07, 6.45) is 7.82. The number of hydrogen-bond donors (Lipinski definition) is 0. The average Bonchev–Trinajstić information content (AvgIpc) is 2.66. The number of nitrogens with zero attached hydrogens (tertiary/aromatic N) is 2. The van der Waals surface area contributed by atoms with Crippen LogP contribution in [0.15, 0.2) is 22.7 Å². The summed E-state index contributed by atoms with van der Waals surface area (Å²) in [7, 11) is 2.12. The number of halogens is 1. The zero-order valence-corrected chi connectivity index (χ0v) is 12.4. The molecule has 2 nitrogen and oxygen atoms in total. The molecule has 0 spiro atoms. The Hall–Kier alpha value is -1.01. The largest absolute Gasteiger partial charge is 0.371 e. The molecular formula is C15H19BrN2. The molecule has 18 heavy (non-hydrogen) atoms. The molecule has 0 N–H and O–H groups in total. The van der Waals surface area contributed by atoms with Crippen LogP contribution < -0.4 is 4.90 Å². The molecule has 0 heterocycles. The van der Waals surface area contributed by atoms with E-state index in [1.807, 2.05) is 18.2 Å². The highest BCUT2D eigenvalue weighted by Gasteiger charge is 2.20. The summed E-state index contributed by atoms with van der Waals surface area (Å²) in [6.45, 7) is 0. The lowest BCUT2D eigenvalue weighted by Gasteiger charge is -2.30. The van der Waals surface area contributed by atoms with Gasteiger partial charge in [-0.15, -0.1) is 0 Å². The minimum atomic E-state index is 0.578. The summed E-state index contributed by atoms with van der Waals surface area (Å²) < 4.78 is 0.892. The Morgan fingerprint density at radius 1 is 1.22 bits per heavy atom. The van der Waals surface area contributed by atoms with Crippen molar-refractivity contribution in [1.29, 1.82) is 5.26 Å². The van der Waals surface area contributed by atoms with E-state index in [9.17, 15) is 5.26 Å². The van der Waals surface area contributed by atoms with Crippen molar-refractivity contribution in [2.24, 2.45) is 0 Å². The van der Waals surface area contributed by atoms with Crippen LogP contribution in [-0.4, -0.2) is 13.1 Å². The first-order valence-electron chi connectivity index (χ1n) is 6.65. The lowest BCUT2D eigenvalue weighted by molar-refractivity contribution is 0.552. The smallest absolute Gasteiger partial charge is 0.103 e. The van der Waals surface area contributed by atoms with E-state index in [1.54, 1.807) is 0 Å². The normalized spacial score (nSPS) is 16.9. The molecule has 2 rings (SSSR count). The number of hydrogen-bond acceptors (Lipinski definition) is 2. The fraction of sp³-hybridized carbons (Fsp3) is 0.533. The van der Waals surface area contributed by atoms with Crippen molar-refractivity contribution in [2.75, 3.05) is 11.9 Å². The van der Waals surface area contributed by atoms with Gasteiger partial charge in [-0.3, -0.25) is 0 Å². The second-order valence-corrected chi connectivity index (χ2v) is 5.86. The third-order valence-electron chi connectivity index (χ3n) is 3.86. The summed E-state index contributed by atoms with van der Waals surface area (Å²) in [6, 6.07) is 8.88. The highest BCUT2D eigenvalue weighted by Crippen LogP contribution is 2.31. The third-order valence-corrected chi connectivity index (χ3v) is 4.52. The minimum Gasteiger partial charge on any atom is -0.371 e. The molecule has 0 unspecified atom stereocenters. The molecule has 0 saturated heterocycles. The van der Waals surface area contributed by atoms with Crippen molar-refractivity contribution in [2.45, 2.75) is 44.6 Å². The molecule has 0 amide bonds. The van der Waals surface area contributed by atoms with Gasteiger partial charge in [0.25, 0.3) is 0 Å². The van der Waals surface area contributed by atoms with Gasteiger partial charge in [0, 0.05) is 17.6 Å². The van der Waals surface area contributed by atoms with Crippen molar-refractivity contribution < 1.29 is 0 Å². The van der Waals surface area contributed by atoms with Gasteiger partial charge in [0.2, 0.25) is 0 Å². The van der Waals surface area contributed by atoms with Crippen molar-refractivity contribution in [1.82, 2.24) is 0 Å². The third kappa shape index (κ3) is 2.87. The van der Waals surface area contributed by atoms with Crippen molar-refractivity contribution >= 4 is 21.6 Å². The first-order valence-corrected chi connectivity index (χ1v) is 7.45. The Morgan fingerprint density at radius 3 is 2.50 bits per heavy atom. The van der Waals surface area contributed by atoms with Gasteiger partial charge < -0.3 is 4.90 Å². The molecule has 0 atom stereocenters. The Kier molecular flexibility index (Phi) is 4.66. The quantitative estimate of drug-likeness (QED) is 0.753. The second-order valence-electron chi connectivity index (χ2n) is 5.00. The monoisotopic (exact) mass is 306 g/mol. The highest BCUT2D eigenvalue weighted by molar-refractivity contribution is 9.10. The van der Waals surface area contributed by atoms with E-state index in [1.165, 1.54) is 38.5 Å². The highest BCUT2D eigenvalue weighted by atomic mass is 79.9. The maximum atomic E-state index is 9.30. The Labute approximate surface area is 118 Å². The van der Waals surface area contributed by atoms with E-state index >= 15 is 0 Å². The lowest BCUT2D eigenvalue weighted by atomic mass is 10.1. The molecule has 1 aliphatic rings. The van der Waals surface area contributed by atoms with Gasteiger partial charge in [0.1, 0.15) is 6.07 Å². The first-order chi connectivity index (χ1) is 8.74. The zero-order valence-electron chi connectivity index (χ0n) is 10.8. The molecule has 3 heteroatoms. The molecule has 0 aromatic heterocycles. The van der Waals surface area contributed by atoms with Gasteiger partial charge in [0.05, 0.1) is 11.3 Å². The molecule has 1 saturated carbocycles. The summed E-state index contributed by atoms with van der Waals surface area (Å²) in [4.78, 5) is 2.30. The van der Waals surface area contributed by atoms with Gasteiger partial charge in [-0.2, -0.15) is 5.26 Å². The van der Waals surface area contributed by atoms with Gasteiger partial charge in [-0.1, -0.05) is 31.7 Å². The summed E-state index contributed by atoms with van der Waals surface area (Å²) >= 11 is 3.47. The molecule has 1 aromatic carbocycles. The van der Waals surface area contributed by atoms with E-state index in [0.717, 1.165) is 15.7 Å². The number of nitriles is 1. The first kappa shape index (κ1) is 13.4. The number of rotatable bonds is 2. The molecule has 1 aromatic rings. The van der Waals surface area contributed by atoms with Crippen LogP contribution in [0.4, 0.5) is 5.69 Å². The van der Waals surface area contributed by atoms with Gasteiger partial charge in [0.15, 0.2) is 0 Å². The van der Waals surface area contributed by atoms with Crippen LogP contribution in [0.3, 0.4) is 0 Å². The fourth-order valence-electron chi connectivity index (χ4n) is 2.76.